The van der Waals surface area contributed by atoms with Gasteiger partial charge in [-0.05, 0) is 36.6 Å². The normalized spacial score (nSPS) is 10.9. The SMILES string of the molecule is Cc1nn(Cc2cccc3ccccc23)c(C)c1NC(=O)CCCC(=O)O. The lowest BCUT2D eigenvalue weighted by Crippen LogP contribution is -2.13. The number of hydrogen-bond donors (Lipinski definition) is 2. The van der Waals surface area contributed by atoms with E-state index in [0.717, 1.165) is 17.0 Å². The summed E-state index contributed by atoms with van der Waals surface area (Å²) in [7, 11) is 0. The molecule has 3 aromatic rings. The average molecular weight is 365 g/mol. The number of carbonyl (C=O) groups is 2. The molecule has 0 fully saturated rings. The molecule has 0 aliphatic rings. The maximum absolute atomic E-state index is 12.1. The number of aliphatic carboxylic acids is 1. The van der Waals surface area contributed by atoms with Crippen LogP contribution < -0.4 is 5.32 Å². The summed E-state index contributed by atoms with van der Waals surface area (Å²) in [6, 6.07) is 14.4. The van der Waals surface area contributed by atoms with Gasteiger partial charge in [0.15, 0.2) is 0 Å². The summed E-state index contributed by atoms with van der Waals surface area (Å²) in [5.41, 5.74) is 3.50. The largest absolute Gasteiger partial charge is 0.481 e. The molecule has 0 aliphatic carbocycles. The Hall–Kier alpha value is -3.15. The Bertz CT molecular complexity index is 986. The quantitative estimate of drug-likeness (QED) is 0.665. The number of nitrogens with zero attached hydrogens (tertiary/aromatic N) is 2. The first-order valence-corrected chi connectivity index (χ1v) is 8.98. The third-order valence-electron chi connectivity index (χ3n) is 4.64. The number of aromatic nitrogens is 2. The maximum Gasteiger partial charge on any atom is 0.303 e. The van der Waals surface area contributed by atoms with Gasteiger partial charge in [0.25, 0.3) is 0 Å². The predicted octanol–water partition coefficient (Wildman–Crippen LogP) is 3.89. The van der Waals surface area contributed by atoms with Gasteiger partial charge in [0.05, 0.1) is 23.6 Å². The Labute approximate surface area is 157 Å². The van der Waals surface area contributed by atoms with Crippen molar-refractivity contribution in [2.75, 3.05) is 5.32 Å². The zero-order chi connectivity index (χ0) is 19.4. The van der Waals surface area contributed by atoms with Gasteiger partial charge in [0.2, 0.25) is 5.91 Å². The highest BCUT2D eigenvalue weighted by molar-refractivity contribution is 5.92. The highest BCUT2D eigenvalue weighted by Crippen LogP contribution is 2.24. The fourth-order valence-electron chi connectivity index (χ4n) is 3.23. The Balaban J connectivity index is 1.77. The summed E-state index contributed by atoms with van der Waals surface area (Å²) in [5.74, 6) is -1.08. The van der Waals surface area contributed by atoms with Gasteiger partial charge in [0, 0.05) is 12.8 Å². The molecule has 6 heteroatoms. The molecule has 1 aromatic heterocycles. The second kappa shape index (κ2) is 8.03. The van der Waals surface area contributed by atoms with Crippen LogP contribution in [0, 0.1) is 13.8 Å². The summed E-state index contributed by atoms with van der Waals surface area (Å²) in [6.45, 7) is 4.40. The molecule has 6 nitrogen and oxygen atoms in total. The highest BCUT2D eigenvalue weighted by Gasteiger charge is 2.15. The molecule has 3 rings (SSSR count). The smallest absolute Gasteiger partial charge is 0.303 e. The van der Waals surface area contributed by atoms with Gasteiger partial charge in [-0.1, -0.05) is 42.5 Å². The summed E-state index contributed by atoms with van der Waals surface area (Å²) in [5, 5.41) is 18.5. The van der Waals surface area contributed by atoms with E-state index in [4.69, 9.17) is 5.11 Å². The van der Waals surface area contributed by atoms with Gasteiger partial charge in [0.1, 0.15) is 0 Å². The molecule has 140 valence electrons. The molecule has 27 heavy (non-hydrogen) atoms. The van der Waals surface area contributed by atoms with Gasteiger partial charge >= 0.3 is 5.97 Å². The minimum Gasteiger partial charge on any atom is -0.481 e. The van der Waals surface area contributed by atoms with Crippen LogP contribution in [0.25, 0.3) is 10.8 Å². The fraction of sp³-hybridized carbons (Fsp3) is 0.286. The number of hydrogen-bond acceptors (Lipinski definition) is 3. The van der Waals surface area contributed by atoms with Crippen molar-refractivity contribution in [1.82, 2.24) is 9.78 Å². The molecule has 0 saturated heterocycles. The molecule has 0 atom stereocenters. The van der Waals surface area contributed by atoms with Crippen LogP contribution in [-0.2, 0) is 16.1 Å². The van der Waals surface area contributed by atoms with Crippen molar-refractivity contribution >= 4 is 28.3 Å². The van der Waals surface area contributed by atoms with E-state index >= 15 is 0 Å². The standard InChI is InChI=1S/C21H23N3O3/c1-14-21(22-19(25)11-6-12-20(26)27)15(2)24(23-14)13-17-9-5-8-16-7-3-4-10-18(16)17/h3-5,7-10H,6,11-13H2,1-2H3,(H,22,25)(H,26,27). The Morgan fingerprint density at radius 3 is 2.59 bits per heavy atom. The van der Waals surface area contributed by atoms with E-state index in [1.807, 2.05) is 36.7 Å². The van der Waals surface area contributed by atoms with Crippen molar-refractivity contribution in [2.45, 2.75) is 39.7 Å². The van der Waals surface area contributed by atoms with E-state index in [2.05, 4.69) is 34.7 Å². The first-order chi connectivity index (χ1) is 13.0. The molecule has 0 saturated carbocycles. The molecule has 0 bridgehead atoms. The van der Waals surface area contributed by atoms with E-state index in [-0.39, 0.29) is 18.7 Å². The number of carboxylic acid groups (broad SMARTS) is 1. The van der Waals surface area contributed by atoms with E-state index in [0.29, 0.717) is 18.7 Å². The first-order valence-electron chi connectivity index (χ1n) is 8.98. The third-order valence-corrected chi connectivity index (χ3v) is 4.64. The molecule has 0 spiro atoms. The van der Waals surface area contributed by atoms with Crippen molar-refractivity contribution in [3.05, 3.63) is 59.4 Å². The second-order valence-corrected chi connectivity index (χ2v) is 6.64. The second-order valence-electron chi connectivity index (χ2n) is 6.64. The number of fused-ring (bicyclic) bond motifs is 1. The Morgan fingerprint density at radius 2 is 1.81 bits per heavy atom. The number of rotatable bonds is 7. The topological polar surface area (TPSA) is 84.2 Å². The number of nitrogens with one attached hydrogen (secondary N) is 1. The fourth-order valence-corrected chi connectivity index (χ4v) is 3.23. The van der Waals surface area contributed by atoms with Gasteiger partial charge < -0.3 is 10.4 Å². The summed E-state index contributed by atoms with van der Waals surface area (Å²) < 4.78 is 1.89. The number of aryl methyl sites for hydroxylation is 1. The molecular weight excluding hydrogens is 342 g/mol. The maximum atomic E-state index is 12.1. The number of carbonyl (C=O) groups excluding carboxylic acids is 1. The van der Waals surface area contributed by atoms with Gasteiger partial charge in [-0.3, -0.25) is 14.3 Å². The number of amides is 1. The first kappa shape index (κ1) is 18.6. The van der Waals surface area contributed by atoms with Gasteiger partial charge in [-0.25, -0.2) is 0 Å². The van der Waals surface area contributed by atoms with Crippen LogP contribution in [0.15, 0.2) is 42.5 Å². The van der Waals surface area contributed by atoms with Crippen LogP contribution in [0.1, 0.15) is 36.2 Å². The minimum atomic E-state index is -0.891. The number of benzene rings is 2. The average Bonchev–Trinajstić information content (AvgIpc) is 2.89. The van der Waals surface area contributed by atoms with Crippen LogP contribution in [-0.4, -0.2) is 26.8 Å². The van der Waals surface area contributed by atoms with Crippen molar-refractivity contribution in [3.63, 3.8) is 0 Å². The van der Waals surface area contributed by atoms with Gasteiger partial charge in [-0.15, -0.1) is 0 Å². The number of carboxylic acids is 1. The van der Waals surface area contributed by atoms with Crippen LogP contribution in [0.3, 0.4) is 0 Å². The molecule has 2 aromatic carbocycles. The lowest BCUT2D eigenvalue weighted by atomic mass is 10.0. The van der Waals surface area contributed by atoms with Crippen molar-refractivity contribution in [2.24, 2.45) is 0 Å². The van der Waals surface area contributed by atoms with Crippen LogP contribution in [0.4, 0.5) is 5.69 Å². The van der Waals surface area contributed by atoms with Gasteiger partial charge in [-0.2, -0.15) is 5.10 Å². The predicted molar refractivity (Wildman–Crippen MR) is 105 cm³/mol. The van der Waals surface area contributed by atoms with E-state index < -0.39 is 5.97 Å². The highest BCUT2D eigenvalue weighted by atomic mass is 16.4. The molecule has 0 radical (unpaired) electrons. The summed E-state index contributed by atoms with van der Waals surface area (Å²) >= 11 is 0. The zero-order valence-electron chi connectivity index (χ0n) is 15.5. The number of anilines is 1. The molecule has 0 aliphatic heterocycles. The Morgan fingerprint density at radius 1 is 1.07 bits per heavy atom. The summed E-state index contributed by atoms with van der Waals surface area (Å²) in [6.07, 6.45) is 0.495. The Kier molecular flexibility index (Phi) is 5.54. The molecule has 0 unspecified atom stereocenters. The van der Waals surface area contributed by atoms with E-state index in [1.54, 1.807) is 0 Å². The summed E-state index contributed by atoms with van der Waals surface area (Å²) in [4.78, 5) is 22.7. The monoisotopic (exact) mass is 365 g/mol. The van der Waals surface area contributed by atoms with E-state index in [9.17, 15) is 9.59 Å². The lowest BCUT2D eigenvalue weighted by Gasteiger charge is -2.09. The molecule has 2 N–H and O–H groups in total. The van der Waals surface area contributed by atoms with Crippen molar-refractivity contribution in [3.8, 4) is 0 Å². The molecule has 1 amide bonds. The van der Waals surface area contributed by atoms with E-state index in [1.165, 1.54) is 10.8 Å². The third kappa shape index (κ3) is 4.34. The van der Waals surface area contributed by atoms with Crippen LogP contribution >= 0.6 is 0 Å². The lowest BCUT2D eigenvalue weighted by molar-refractivity contribution is -0.137. The zero-order valence-corrected chi connectivity index (χ0v) is 15.5. The van der Waals surface area contributed by atoms with Crippen LogP contribution in [0.2, 0.25) is 0 Å². The van der Waals surface area contributed by atoms with Crippen molar-refractivity contribution < 1.29 is 14.7 Å². The molecule has 1 heterocycles. The van der Waals surface area contributed by atoms with Crippen LogP contribution in [0.5, 0.6) is 0 Å². The van der Waals surface area contributed by atoms with Crippen molar-refractivity contribution in [1.29, 1.82) is 0 Å². The minimum absolute atomic E-state index is 0.00821. The molecular formula is C21H23N3O3.